The average Bonchev–Trinajstić information content (AvgIpc) is 3.31. The maximum Gasteiger partial charge on any atom is 0.327 e. The zero-order chi connectivity index (χ0) is 29.1. The number of halogens is 2. The predicted molar refractivity (Wildman–Crippen MR) is 151 cm³/mol. The Balaban J connectivity index is 1.74. The molecule has 41 heavy (non-hydrogen) atoms. The lowest BCUT2D eigenvalue weighted by atomic mass is 9.77. The molecule has 4 unspecified atom stereocenters. The molecule has 5 nitrogen and oxygen atoms in total. The van der Waals surface area contributed by atoms with E-state index in [2.05, 4.69) is 0 Å². The SMILES string of the molecule is Cc1cccc(C(=O)C2C(c3ccc(F)cc3)C(C(=O)O)N(C(=O)c3cccc(F)c3)C2C=Cc2ccccc2)c1. The standard InChI is InChI=1S/C34H27F2NO4/c1-21-7-5-10-24(19-21)32(38)30-28(18-13-22-8-3-2-4-9-22)37(33(39)25-11-6-12-27(36)20-25)31(34(40)41)29(30)23-14-16-26(35)17-15-23/h2-20,28-31H,1H3,(H,40,41). The summed E-state index contributed by atoms with van der Waals surface area (Å²) < 4.78 is 28.1. The fourth-order valence-electron chi connectivity index (χ4n) is 5.62. The van der Waals surface area contributed by atoms with Crippen LogP contribution in [0.2, 0.25) is 0 Å². The summed E-state index contributed by atoms with van der Waals surface area (Å²) in [7, 11) is 0. The Labute approximate surface area is 236 Å². The number of carbonyl (C=O) groups is 3. The van der Waals surface area contributed by atoms with Crippen LogP contribution in [0.4, 0.5) is 8.78 Å². The minimum Gasteiger partial charge on any atom is -0.480 e. The Morgan fingerprint density at radius 2 is 1.46 bits per heavy atom. The van der Waals surface area contributed by atoms with Gasteiger partial charge in [-0.05, 0) is 54.4 Å². The minimum absolute atomic E-state index is 0.0455. The van der Waals surface area contributed by atoms with Crippen molar-refractivity contribution >= 4 is 23.7 Å². The fourth-order valence-corrected chi connectivity index (χ4v) is 5.62. The first-order chi connectivity index (χ1) is 19.7. The molecule has 0 saturated carbocycles. The largest absolute Gasteiger partial charge is 0.480 e. The summed E-state index contributed by atoms with van der Waals surface area (Å²) in [6.07, 6.45) is 3.39. The van der Waals surface area contributed by atoms with Crippen LogP contribution in [0.3, 0.4) is 0 Å². The molecule has 0 radical (unpaired) electrons. The molecule has 0 aromatic heterocycles. The van der Waals surface area contributed by atoms with Gasteiger partial charge in [-0.1, -0.05) is 84.4 Å². The Morgan fingerprint density at radius 1 is 0.780 bits per heavy atom. The van der Waals surface area contributed by atoms with Gasteiger partial charge in [0.15, 0.2) is 5.78 Å². The van der Waals surface area contributed by atoms with Crippen LogP contribution in [-0.2, 0) is 4.79 Å². The number of benzene rings is 4. The van der Waals surface area contributed by atoms with E-state index in [0.29, 0.717) is 11.1 Å². The van der Waals surface area contributed by atoms with Crippen molar-refractivity contribution in [1.29, 1.82) is 0 Å². The Hall–Kier alpha value is -4.91. The Bertz CT molecular complexity index is 1620. The highest BCUT2D eigenvalue weighted by Gasteiger charge is 2.56. The van der Waals surface area contributed by atoms with E-state index in [0.717, 1.165) is 22.1 Å². The van der Waals surface area contributed by atoms with Crippen LogP contribution in [-0.4, -0.2) is 39.7 Å². The molecule has 4 atom stereocenters. The van der Waals surface area contributed by atoms with Gasteiger partial charge in [-0.25, -0.2) is 13.6 Å². The smallest absolute Gasteiger partial charge is 0.327 e. The van der Waals surface area contributed by atoms with Gasteiger partial charge in [0.2, 0.25) is 0 Å². The lowest BCUT2D eigenvalue weighted by Gasteiger charge is -2.28. The van der Waals surface area contributed by atoms with Gasteiger partial charge >= 0.3 is 5.97 Å². The number of aryl methyl sites for hydroxylation is 1. The van der Waals surface area contributed by atoms with Gasteiger partial charge in [0, 0.05) is 17.0 Å². The van der Waals surface area contributed by atoms with E-state index < -0.39 is 47.4 Å². The Kier molecular flexibility index (Phi) is 7.88. The number of hydrogen-bond donors (Lipinski definition) is 1. The van der Waals surface area contributed by atoms with Gasteiger partial charge < -0.3 is 10.0 Å². The predicted octanol–water partition coefficient (Wildman–Crippen LogP) is 6.55. The van der Waals surface area contributed by atoms with Gasteiger partial charge in [-0.15, -0.1) is 0 Å². The molecule has 1 saturated heterocycles. The zero-order valence-corrected chi connectivity index (χ0v) is 22.2. The van der Waals surface area contributed by atoms with E-state index in [1.807, 2.05) is 43.3 Å². The van der Waals surface area contributed by atoms with E-state index in [4.69, 9.17) is 0 Å². The minimum atomic E-state index is -1.50. The molecule has 0 bridgehead atoms. The van der Waals surface area contributed by atoms with Crippen molar-refractivity contribution in [1.82, 2.24) is 4.90 Å². The molecule has 0 aliphatic carbocycles. The summed E-state index contributed by atoms with van der Waals surface area (Å²) in [5, 5.41) is 10.6. The number of Topliss-reactive ketones (excluding diaryl/α,β-unsaturated/α-hetero) is 1. The first-order valence-electron chi connectivity index (χ1n) is 13.2. The molecule has 4 aromatic rings. The van der Waals surface area contributed by atoms with Crippen LogP contribution >= 0.6 is 0 Å². The number of hydrogen-bond acceptors (Lipinski definition) is 3. The van der Waals surface area contributed by atoms with Crippen LogP contribution < -0.4 is 0 Å². The summed E-state index contributed by atoms with van der Waals surface area (Å²) in [5.41, 5.74) is 2.34. The zero-order valence-electron chi connectivity index (χ0n) is 22.2. The number of carboxylic acids is 1. The van der Waals surface area contributed by atoms with Crippen molar-refractivity contribution in [2.24, 2.45) is 5.92 Å². The third-order valence-electron chi connectivity index (χ3n) is 7.42. The van der Waals surface area contributed by atoms with Crippen molar-refractivity contribution in [2.45, 2.75) is 24.9 Å². The van der Waals surface area contributed by atoms with Gasteiger partial charge in [-0.3, -0.25) is 9.59 Å². The van der Waals surface area contributed by atoms with E-state index in [-0.39, 0.29) is 11.3 Å². The first kappa shape index (κ1) is 27.6. The lowest BCUT2D eigenvalue weighted by molar-refractivity contribution is -0.142. The highest BCUT2D eigenvalue weighted by molar-refractivity contribution is 6.03. The molecule has 1 aliphatic heterocycles. The van der Waals surface area contributed by atoms with Crippen molar-refractivity contribution in [3.05, 3.63) is 149 Å². The highest BCUT2D eigenvalue weighted by Crippen LogP contribution is 2.46. The summed E-state index contributed by atoms with van der Waals surface area (Å²) in [6, 6.07) is 23.9. The maximum atomic E-state index is 14.3. The number of carboxylic acid groups (broad SMARTS) is 1. The molecular formula is C34H27F2NO4. The highest BCUT2D eigenvalue weighted by atomic mass is 19.1. The molecule has 206 valence electrons. The van der Waals surface area contributed by atoms with E-state index in [9.17, 15) is 28.3 Å². The molecule has 1 aliphatic rings. The third-order valence-corrected chi connectivity index (χ3v) is 7.42. The van der Waals surface area contributed by atoms with Crippen molar-refractivity contribution in [2.75, 3.05) is 0 Å². The number of amides is 1. The molecular weight excluding hydrogens is 524 g/mol. The molecule has 1 fully saturated rings. The summed E-state index contributed by atoms with van der Waals surface area (Å²) in [6.45, 7) is 1.84. The van der Waals surface area contributed by atoms with Crippen LogP contribution in [0, 0.1) is 24.5 Å². The van der Waals surface area contributed by atoms with Gasteiger partial charge in [0.1, 0.15) is 17.7 Å². The van der Waals surface area contributed by atoms with Gasteiger partial charge in [-0.2, -0.15) is 0 Å². The molecule has 0 spiro atoms. The molecule has 5 rings (SSSR count). The average molecular weight is 552 g/mol. The maximum absolute atomic E-state index is 14.3. The molecule has 1 amide bonds. The number of aliphatic carboxylic acids is 1. The van der Waals surface area contributed by atoms with Gasteiger partial charge in [0.05, 0.1) is 12.0 Å². The Morgan fingerprint density at radius 3 is 2.12 bits per heavy atom. The monoisotopic (exact) mass is 551 g/mol. The van der Waals surface area contributed by atoms with E-state index in [1.54, 1.807) is 30.4 Å². The normalized spacial score (nSPS) is 20.3. The topological polar surface area (TPSA) is 74.7 Å². The molecule has 7 heteroatoms. The summed E-state index contributed by atoms with van der Waals surface area (Å²) in [4.78, 5) is 42.4. The number of nitrogens with zero attached hydrogens (tertiary/aromatic N) is 1. The van der Waals surface area contributed by atoms with Crippen LogP contribution in [0.5, 0.6) is 0 Å². The summed E-state index contributed by atoms with van der Waals surface area (Å²) in [5.74, 6) is -5.65. The van der Waals surface area contributed by atoms with Crippen molar-refractivity contribution < 1.29 is 28.3 Å². The second-order valence-electron chi connectivity index (χ2n) is 10.1. The van der Waals surface area contributed by atoms with E-state index in [1.165, 1.54) is 42.5 Å². The second kappa shape index (κ2) is 11.7. The number of rotatable bonds is 7. The summed E-state index contributed by atoms with van der Waals surface area (Å²) >= 11 is 0. The molecule has 4 aromatic carbocycles. The van der Waals surface area contributed by atoms with Crippen LogP contribution in [0.25, 0.3) is 6.08 Å². The third kappa shape index (κ3) is 5.70. The van der Waals surface area contributed by atoms with Crippen LogP contribution in [0.1, 0.15) is 43.3 Å². The van der Waals surface area contributed by atoms with Crippen LogP contribution in [0.15, 0.2) is 109 Å². The molecule has 1 N–H and O–H groups in total. The van der Waals surface area contributed by atoms with Gasteiger partial charge in [0.25, 0.3) is 5.91 Å². The van der Waals surface area contributed by atoms with Crippen molar-refractivity contribution in [3.63, 3.8) is 0 Å². The fraction of sp³-hybridized carbons (Fsp3) is 0.147. The lowest BCUT2D eigenvalue weighted by Crippen LogP contribution is -2.46. The number of ketones is 1. The van der Waals surface area contributed by atoms with E-state index >= 15 is 0 Å². The van der Waals surface area contributed by atoms with Crippen molar-refractivity contribution in [3.8, 4) is 0 Å². The second-order valence-corrected chi connectivity index (χ2v) is 10.1. The number of likely N-dealkylation sites (tertiary alicyclic amines) is 1. The first-order valence-corrected chi connectivity index (χ1v) is 13.2. The number of carbonyl (C=O) groups excluding carboxylic acids is 2. The molecule has 1 heterocycles. The quantitative estimate of drug-likeness (QED) is 0.265.